The Morgan fingerprint density at radius 2 is 0.672 bits per heavy atom. The van der Waals surface area contributed by atoms with Crippen molar-refractivity contribution in [2.75, 3.05) is 4.90 Å². The highest BCUT2D eigenvalue weighted by molar-refractivity contribution is 7.25. The van der Waals surface area contributed by atoms with Gasteiger partial charge in [0, 0.05) is 37.2 Å². The van der Waals surface area contributed by atoms with E-state index in [1.807, 2.05) is 11.3 Å². The second-order valence-electron chi connectivity index (χ2n) is 14.9. The lowest BCUT2D eigenvalue weighted by Gasteiger charge is -2.28. The molecule has 0 aliphatic rings. The van der Waals surface area contributed by atoms with Crippen molar-refractivity contribution in [2.45, 2.75) is 0 Å². The Morgan fingerprint density at radius 1 is 0.241 bits per heavy atom. The maximum Gasteiger partial charge on any atom is 0.0476 e. The third kappa shape index (κ3) is 5.94. The average Bonchev–Trinajstić information content (AvgIpc) is 3.68. The normalized spacial score (nSPS) is 11.4. The number of nitrogens with zero attached hydrogens (tertiary/aromatic N) is 1. The van der Waals surface area contributed by atoms with E-state index in [-0.39, 0.29) is 0 Å². The van der Waals surface area contributed by atoms with Crippen LogP contribution in [0.1, 0.15) is 0 Å². The van der Waals surface area contributed by atoms with E-state index in [0.717, 1.165) is 17.1 Å². The summed E-state index contributed by atoms with van der Waals surface area (Å²) in [5.74, 6) is 0. The van der Waals surface area contributed by atoms with Crippen LogP contribution in [0.2, 0.25) is 0 Å². The van der Waals surface area contributed by atoms with Crippen molar-refractivity contribution < 1.29 is 0 Å². The summed E-state index contributed by atoms with van der Waals surface area (Å²) < 4.78 is 2.58. The van der Waals surface area contributed by atoms with E-state index < -0.39 is 0 Å². The molecule has 10 aromatic carbocycles. The molecule has 0 aliphatic heterocycles. The number of thiophene rings is 1. The van der Waals surface area contributed by atoms with Crippen LogP contribution in [0.3, 0.4) is 0 Å². The summed E-state index contributed by atoms with van der Waals surface area (Å²) in [6, 6.07) is 82.1. The molecular formula is C56H37NS. The average molecular weight is 756 g/mol. The lowest BCUT2D eigenvalue weighted by molar-refractivity contribution is 1.30. The maximum absolute atomic E-state index is 2.47. The van der Waals surface area contributed by atoms with E-state index in [1.54, 1.807) is 0 Å². The van der Waals surface area contributed by atoms with Gasteiger partial charge >= 0.3 is 0 Å². The number of hydrogen-bond donors (Lipinski definition) is 0. The topological polar surface area (TPSA) is 3.24 Å². The van der Waals surface area contributed by atoms with Gasteiger partial charge in [-0.2, -0.15) is 0 Å². The Balaban J connectivity index is 1.23. The molecule has 0 atom stereocenters. The molecule has 272 valence electrons. The van der Waals surface area contributed by atoms with Crippen molar-refractivity contribution in [1.29, 1.82) is 0 Å². The second kappa shape index (κ2) is 14.4. The lowest BCUT2D eigenvalue weighted by Crippen LogP contribution is -2.10. The highest BCUT2D eigenvalue weighted by Gasteiger charge is 2.22. The quantitative estimate of drug-likeness (QED) is 0.146. The second-order valence-corrected chi connectivity index (χ2v) is 16.0. The van der Waals surface area contributed by atoms with Crippen LogP contribution in [-0.4, -0.2) is 0 Å². The third-order valence-corrected chi connectivity index (χ3v) is 12.5. The van der Waals surface area contributed by atoms with Gasteiger partial charge in [0.2, 0.25) is 0 Å². The van der Waals surface area contributed by atoms with Crippen LogP contribution in [0.5, 0.6) is 0 Å². The maximum atomic E-state index is 2.47. The van der Waals surface area contributed by atoms with E-state index >= 15 is 0 Å². The molecule has 0 spiro atoms. The van der Waals surface area contributed by atoms with Crippen LogP contribution in [0.15, 0.2) is 224 Å². The van der Waals surface area contributed by atoms with Gasteiger partial charge in [-0.1, -0.05) is 176 Å². The van der Waals surface area contributed by atoms with Gasteiger partial charge in [-0.05, 0) is 115 Å². The van der Waals surface area contributed by atoms with Crippen molar-refractivity contribution in [3.8, 4) is 44.5 Å². The predicted molar refractivity (Wildman–Crippen MR) is 251 cm³/mol. The Bertz CT molecular complexity index is 3200. The number of fused-ring (bicyclic) bond motifs is 6. The van der Waals surface area contributed by atoms with Crippen molar-refractivity contribution in [2.24, 2.45) is 0 Å². The molecule has 0 fully saturated rings. The van der Waals surface area contributed by atoms with Crippen molar-refractivity contribution in [1.82, 2.24) is 0 Å². The first-order chi connectivity index (χ1) is 28.8. The molecule has 11 rings (SSSR count). The molecule has 0 aliphatic carbocycles. The molecule has 0 saturated carbocycles. The zero-order valence-electron chi connectivity index (χ0n) is 31.7. The van der Waals surface area contributed by atoms with E-state index in [9.17, 15) is 0 Å². The van der Waals surface area contributed by atoms with E-state index in [1.165, 1.54) is 86.2 Å². The fraction of sp³-hybridized carbons (Fsp3) is 0. The summed E-state index contributed by atoms with van der Waals surface area (Å²) >= 11 is 1.86. The minimum absolute atomic E-state index is 1.10. The van der Waals surface area contributed by atoms with Crippen LogP contribution in [0.4, 0.5) is 17.1 Å². The molecule has 1 heterocycles. The fourth-order valence-corrected chi connectivity index (χ4v) is 9.90. The van der Waals surface area contributed by atoms with Crippen LogP contribution >= 0.6 is 11.3 Å². The zero-order valence-corrected chi connectivity index (χ0v) is 32.5. The summed E-state index contributed by atoms with van der Waals surface area (Å²) in [6.45, 7) is 0. The SMILES string of the molecule is c1ccc(-c2cc(-c3ccccc3)cc(N(c3ccc4c(c3)sc3ccccc34)c3ccc4c(c3)c(-c3ccccc3)c(-c3ccccc3)c3ccccc34)c2)cc1. The summed E-state index contributed by atoms with van der Waals surface area (Å²) in [5, 5.41) is 7.55. The first-order valence-corrected chi connectivity index (χ1v) is 20.7. The monoisotopic (exact) mass is 755 g/mol. The molecule has 11 aromatic rings. The minimum atomic E-state index is 1.10. The Labute approximate surface area is 342 Å². The van der Waals surface area contributed by atoms with Crippen LogP contribution in [-0.2, 0) is 0 Å². The van der Waals surface area contributed by atoms with Gasteiger partial charge in [0.1, 0.15) is 0 Å². The molecule has 2 heteroatoms. The number of benzene rings is 10. The van der Waals surface area contributed by atoms with Gasteiger partial charge in [0.15, 0.2) is 0 Å². The molecule has 0 unspecified atom stereocenters. The largest absolute Gasteiger partial charge is 0.310 e. The Hall–Kier alpha value is -7.26. The smallest absolute Gasteiger partial charge is 0.0476 e. The van der Waals surface area contributed by atoms with Crippen molar-refractivity contribution in [3.05, 3.63) is 224 Å². The number of anilines is 3. The minimum Gasteiger partial charge on any atom is -0.310 e. The van der Waals surface area contributed by atoms with Crippen LogP contribution in [0.25, 0.3) is 86.2 Å². The molecule has 0 N–H and O–H groups in total. The predicted octanol–water partition coefficient (Wildman–Crippen LogP) is 16.5. The van der Waals surface area contributed by atoms with Crippen LogP contribution in [0, 0.1) is 0 Å². The van der Waals surface area contributed by atoms with Gasteiger partial charge < -0.3 is 4.90 Å². The van der Waals surface area contributed by atoms with Gasteiger partial charge in [-0.3, -0.25) is 0 Å². The van der Waals surface area contributed by atoms with Gasteiger partial charge in [-0.25, -0.2) is 0 Å². The highest BCUT2D eigenvalue weighted by Crippen LogP contribution is 2.48. The fourth-order valence-electron chi connectivity index (χ4n) is 8.76. The Kier molecular flexibility index (Phi) is 8.42. The lowest BCUT2D eigenvalue weighted by atomic mass is 9.85. The molecule has 0 amide bonds. The summed E-state index contributed by atoms with van der Waals surface area (Å²) in [6.07, 6.45) is 0. The molecule has 0 bridgehead atoms. The standard InChI is InChI=1S/C56H37NS/c1-5-17-38(18-6-1)42-33-43(39-19-7-2-8-20-39)35-46(34-42)57(45-30-32-50-49-26-15-16-28-53(49)58-54(50)37-45)44-29-31-48-47-25-13-14-27-51(47)55(40-21-9-3-10-22-40)56(52(48)36-44)41-23-11-4-12-24-41/h1-37H. The molecule has 1 nitrogen and oxygen atoms in total. The molecule has 1 aromatic heterocycles. The third-order valence-electron chi connectivity index (χ3n) is 11.4. The molecule has 0 saturated heterocycles. The van der Waals surface area contributed by atoms with Crippen LogP contribution < -0.4 is 4.90 Å². The van der Waals surface area contributed by atoms with E-state index in [4.69, 9.17) is 0 Å². The highest BCUT2D eigenvalue weighted by atomic mass is 32.1. The van der Waals surface area contributed by atoms with Crippen molar-refractivity contribution in [3.63, 3.8) is 0 Å². The van der Waals surface area contributed by atoms with Gasteiger partial charge in [0.25, 0.3) is 0 Å². The summed E-state index contributed by atoms with van der Waals surface area (Å²) in [7, 11) is 0. The zero-order chi connectivity index (χ0) is 38.4. The Morgan fingerprint density at radius 3 is 1.28 bits per heavy atom. The molecule has 0 radical (unpaired) electrons. The van der Waals surface area contributed by atoms with E-state index in [0.29, 0.717) is 0 Å². The van der Waals surface area contributed by atoms with E-state index in [2.05, 4.69) is 229 Å². The first kappa shape index (κ1) is 34.0. The summed E-state index contributed by atoms with van der Waals surface area (Å²) in [4.78, 5) is 2.47. The van der Waals surface area contributed by atoms with Gasteiger partial charge in [-0.15, -0.1) is 11.3 Å². The van der Waals surface area contributed by atoms with Gasteiger partial charge in [0.05, 0.1) is 0 Å². The van der Waals surface area contributed by atoms with Crippen molar-refractivity contribution >= 4 is 70.1 Å². The molecular weight excluding hydrogens is 719 g/mol. The summed E-state index contributed by atoms with van der Waals surface area (Å²) in [5.41, 5.74) is 12.9. The number of hydrogen-bond acceptors (Lipinski definition) is 2. The molecule has 58 heavy (non-hydrogen) atoms. The first-order valence-electron chi connectivity index (χ1n) is 19.8. The number of rotatable bonds is 7.